The van der Waals surface area contributed by atoms with Crippen LogP contribution in [0.25, 0.3) is 10.8 Å². The van der Waals surface area contributed by atoms with Crippen molar-refractivity contribution >= 4 is 38.1 Å². The van der Waals surface area contributed by atoms with Crippen LogP contribution in [0.15, 0.2) is 53.6 Å². The van der Waals surface area contributed by atoms with Crippen LogP contribution in [0.5, 0.6) is 0 Å². The minimum absolute atomic E-state index is 0.0834. The molecule has 29 heavy (non-hydrogen) atoms. The van der Waals surface area contributed by atoms with Crippen molar-refractivity contribution in [3.8, 4) is 0 Å². The molecule has 3 aromatic rings. The van der Waals surface area contributed by atoms with Crippen molar-refractivity contribution in [2.75, 3.05) is 18.1 Å². The molecule has 0 unspecified atom stereocenters. The van der Waals surface area contributed by atoms with Crippen LogP contribution in [0, 0.1) is 0 Å². The summed E-state index contributed by atoms with van der Waals surface area (Å²) in [5, 5.41) is 10.9. The normalized spacial score (nSPS) is 11.4. The third kappa shape index (κ3) is 4.62. The highest BCUT2D eigenvalue weighted by atomic mass is 32.2. The lowest BCUT2D eigenvalue weighted by atomic mass is 10.1. The van der Waals surface area contributed by atoms with E-state index in [1.807, 2.05) is 31.2 Å². The fourth-order valence-electron chi connectivity index (χ4n) is 2.88. The molecule has 152 valence electrons. The molecule has 2 amide bonds. The zero-order chi connectivity index (χ0) is 21.0. The minimum atomic E-state index is -3.63. The molecule has 0 fully saturated rings. The quantitative estimate of drug-likeness (QED) is 0.616. The molecule has 0 aliphatic heterocycles. The zero-order valence-corrected chi connectivity index (χ0v) is 17.0. The number of rotatable bonds is 7. The van der Waals surface area contributed by atoms with Gasteiger partial charge in [0, 0.05) is 26.2 Å². The lowest BCUT2D eigenvalue weighted by Gasteiger charge is -2.07. The van der Waals surface area contributed by atoms with Gasteiger partial charge in [0.05, 0.1) is 16.3 Å². The maximum absolute atomic E-state index is 12.6. The fourth-order valence-corrected chi connectivity index (χ4v) is 4.15. The zero-order valence-electron chi connectivity index (χ0n) is 16.2. The predicted molar refractivity (Wildman–Crippen MR) is 111 cm³/mol. The van der Waals surface area contributed by atoms with Crippen molar-refractivity contribution in [3.05, 3.63) is 54.4 Å². The average Bonchev–Trinajstić information content (AvgIpc) is 3.14. The molecule has 3 rings (SSSR count). The van der Waals surface area contributed by atoms with E-state index in [1.165, 1.54) is 11.7 Å². The van der Waals surface area contributed by atoms with Crippen molar-refractivity contribution in [3.63, 3.8) is 0 Å². The smallest absolute Gasteiger partial charge is 0.273 e. The fraction of sp³-hybridized carbons (Fsp3) is 0.250. The number of nitrogens with one attached hydrogen (secondary N) is 2. The van der Waals surface area contributed by atoms with Crippen LogP contribution in [0.4, 0.5) is 5.69 Å². The van der Waals surface area contributed by atoms with E-state index in [1.54, 1.807) is 24.4 Å². The van der Waals surface area contributed by atoms with Crippen LogP contribution in [0.1, 0.15) is 23.8 Å². The first-order chi connectivity index (χ1) is 13.8. The molecule has 0 bridgehead atoms. The van der Waals surface area contributed by atoms with E-state index in [-0.39, 0.29) is 28.5 Å². The standard InChI is InChI=1S/C20H22N4O4S/c1-3-24-13-17(19(23-24)20(26)21-2)22-18(25)10-11-29(27,28)16-9-8-14-6-4-5-7-15(14)12-16/h4-9,12-13H,3,10-11H2,1-2H3,(H,21,26)(H,22,25). The van der Waals surface area contributed by atoms with Gasteiger partial charge in [-0.2, -0.15) is 5.10 Å². The molecule has 8 nitrogen and oxygen atoms in total. The van der Waals surface area contributed by atoms with Crippen LogP contribution < -0.4 is 10.6 Å². The first kappa shape index (κ1) is 20.5. The van der Waals surface area contributed by atoms with Crippen molar-refractivity contribution in [1.82, 2.24) is 15.1 Å². The van der Waals surface area contributed by atoms with Gasteiger partial charge in [-0.25, -0.2) is 8.42 Å². The summed E-state index contributed by atoms with van der Waals surface area (Å²) in [5.41, 5.74) is 0.333. The number of hydrogen-bond acceptors (Lipinski definition) is 5. The maximum atomic E-state index is 12.6. The lowest BCUT2D eigenvalue weighted by Crippen LogP contribution is -2.22. The molecule has 0 radical (unpaired) electrons. The second kappa shape index (κ2) is 8.44. The van der Waals surface area contributed by atoms with Crippen molar-refractivity contribution < 1.29 is 18.0 Å². The number of carbonyl (C=O) groups excluding carboxylic acids is 2. The second-order valence-corrected chi connectivity index (χ2v) is 8.56. The number of amides is 2. The Hall–Kier alpha value is -3.20. The topological polar surface area (TPSA) is 110 Å². The molecule has 0 spiro atoms. The summed E-state index contributed by atoms with van der Waals surface area (Å²) in [6, 6.07) is 12.4. The number of aryl methyl sites for hydroxylation is 1. The van der Waals surface area contributed by atoms with E-state index in [9.17, 15) is 18.0 Å². The minimum Gasteiger partial charge on any atom is -0.354 e. The highest BCUT2D eigenvalue weighted by Gasteiger charge is 2.20. The molecular formula is C20H22N4O4S. The summed E-state index contributed by atoms with van der Waals surface area (Å²) >= 11 is 0. The first-order valence-corrected chi connectivity index (χ1v) is 10.8. The Morgan fingerprint density at radius 1 is 1.10 bits per heavy atom. The molecule has 9 heteroatoms. The van der Waals surface area contributed by atoms with E-state index >= 15 is 0 Å². The number of sulfone groups is 1. The summed E-state index contributed by atoms with van der Waals surface area (Å²) in [6.45, 7) is 2.37. The Morgan fingerprint density at radius 3 is 2.52 bits per heavy atom. The Balaban J connectivity index is 1.71. The van der Waals surface area contributed by atoms with Gasteiger partial charge in [0.25, 0.3) is 5.91 Å². The third-order valence-electron chi connectivity index (χ3n) is 4.48. The molecule has 2 N–H and O–H groups in total. The van der Waals surface area contributed by atoms with E-state index in [4.69, 9.17) is 0 Å². The van der Waals surface area contributed by atoms with Gasteiger partial charge in [-0.05, 0) is 29.8 Å². The third-order valence-corrected chi connectivity index (χ3v) is 6.19. The summed E-state index contributed by atoms with van der Waals surface area (Å²) in [5.74, 6) is -1.28. The second-order valence-electron chi connectivity index (χ2n) is 6.45. The Morgan fingerprint density at radius 2 is 1.83 bits per heavy atom. The number of aromatic nitrogens is 2. The van der Waals surface area contributed by atoms with Crippen molar-refractivity contribution in [2.45, 2.75) is 24.8 Å². The molecule has 0 saturated carbocycles. The average molecular weight is 414 g/mol. The number of carbonyl (C=O) groups is 2. The Bertz CT molecular complexity index is 1170. The first-order valence-electron chi connectivity index (χ1n) is 9.15. The maximum Gasteiger partial charge on any atom is 0.273 e. The Kier molecular flexibility index (Phi) is 5.97. The van der Waals surface area contributed by atoms with Gasteiger partial charge < -0.3 is 10.6 Å². The molecule has 0 saturated heterocycles. The van der Waals surface area contributed by atoms with Crippen LogP contribution >= 0.6 is 0 Å². The summed E-state index contributed by atoms with van der Waals surface area (Å²) < 4.78 is 26.8. The number of nitrogens with zero attached hydrogens (tertiary/aromatic N) is 2. The number of anilines is 1. The number of benzene rings is 2. The van der Waals surface area contributed by atoms with Crippen molar-refractivity contribution in [2.24, 2.45) is 0 Å². The molecule has 2 aromatic carbocycles. The van der Waals surface area contributed by atoms with Gasteiger partial charge in [-0.15, -0.1) is 0 Å². The van der Waals surface area contributed by atoms with E-state index in [0.29, 0.717) is 6.54 Å². The van der Waals surface area contributed by atoms with Crippen LogP contribution in [-0.4, -0.2) is 42.8 Å². The lowest BCUT2D eigenvalue weighted by molar-refractivity contribution is -0.115. The van der Waals surface area contributed by atoms with Gasteiger partial charge in [0.15, 0.2) is 15.5 Å². The summed E-state index contributed by atoms with van der Waals surface area (Å²) in [6.07, 6.45) is 1.31. The Labute approximate surface area is 168 Å². The van der Waals surface area contributed by atoms with E-state index < -0.39 is 21.7 Å². The molecule has 1 heterocycles. The van der Waals surface area contributed by atoms with Gasteiger partial charge in [-0.3, -0.25) is 14.3 Å². The largest absolute Gasteiger partial charge is 0.354 e. The van der Waals surface area contributed by atoms with Crippen LogP contribution in [0.3, 0.4) is 0 Å². The number of hydrogen-bond donors (Lipinski definition) is 2. The molecular weight excluding hydrogens is 392 g/mol. The van der Waals surface area contributed by atoms with Gasteiger partial charge in [0.1, 0.15) is 0 Å². The van der Waals surface area contributed by atoms with Gasteiger partial charge in [-0.1, -0.05) is 30.3 Å². The molecule has 0 aliphatic carbocycles. The van der Waals surface area contributed by atoms with Crippen molar-refractivity contribution in [1.29, 1.82) is 0 Å². The molecule has 0 aliphatic rings. The predicted octanol–water partition coefficient (Wildman–Crippen LogP) is 2.22. The highest BCUT2D eigenvalue weighted by molar-refractivity contribution is 7.91. The van der Waals surface area contributed by atoms with Gasteiger partial charge >= 0.3 is 0 Å². The molecule has 1 aromatic heterocycles. The van der Waals surface area contributed by atoms with Gasteiger partial charge in [0.2, 0.25) is 5.91 Å². The molecule has 0 atom stereocenters. The monoisotopic (exact) mass is 414 g/mol. The highest BCUT2D eigenvalue weighted by Crippen LogP contribution is 2.21. The van der Waals surface area contributed by atoms with Crippen LogP contribution in [0.2, 0.25) is 0 Å². The summed E-state index contributed by atoms with van der Waals surface area (Å²) in [4.78, 5) is 24.4. The van der Waals surface area contributed by atoms with E-state index in [2.05, 4.69) is 15.7 Å². The van der Waals surface area contributed by atoms with Crippen LogP contribution in [-0.2, 0) is 21.2 Å². The SMILES string of the molecule is CCn1cc(NC(=O)CCS(=O)(=O)c2ccc3ccccc3c2)c(C(=O)NC)n1. The number of fused-ring (bicyclic) bond motifs is 1. The van der Waals surface area contributed by atoms with E-state index in [0.717, 1.165) is 10.8 Å². The summed E-state index contributed by atoms with van der Waals surface area (Å²) in [7, 11) is -2.16.